The zero-order valence-corrected chi connectivity index (χ0v) is 29.1. The highest BCUT2D eigenvalue weighted by Crippen LogP contribution is 2.48. The first-order valence-corrected chi connectivity index (χ1v) is 19.0. The summed E-state index contributed by atoms with van der Waals surface area (Å²) in [6.45, 7) is -0.0284. The Morgan fingerprint density at radius 3 is 2.27 bits per heavy atom. The summed E-state index contributed by atoms with van der Waals surface area (Å²) in [5.41, 5.74) is 1.95. The minimum absolute atomic E-state index is 0.0284. The molecule has 3 aromatic carbocycles. The Bertz CT molecular complexity index is 1830. The van der Waals surface area contributed by atoms with E-state index in [1.807, 2.05) is 60.7 Å². The zero-order chi connectivity index (χ0) is 36.2. The van der Waals surface area contributed by atoms with E-state index in [1.165, 1.54) is 6.33 Å². The number of carboxylic acids is 1. The van der Waals surface area contributed by atoms with Crippen molar-refractivity contribution in [1.82, 2.24) is 25.9 Å². The van der Waals surface area contributed by atoms with E-state index in [0.717, 1.165) is 54.0 Å². The lowest BCUT2D eigenvalue weighted by atomic mass is 9.87. The second-order valence-corrected chi connectivity index (χ2v) is 15.4. The van der Waals surface area contributed by atoms with Crippen LogP contribution in [-0.4, -0.2) is 67.9 Å². The number of aromatic amines is 1. The number of H-pyrrole nitrogens is 1. The molecule has 4 aromatic rings. The Hall–Kier alpha value is -5.00. The van der Waals surface area contributed by atoms with Crippen LogP contribution in [0.1, 0.15) is 55.3 Å². The van der Waals surface area contributed by atoms with Crippen LogP contribution in [0.15, 0.2) is 85.3 Å². The quantitative estimate of drug-likeness (QED) is 0.0873. The topological polar surface area (TPSA) is 200 Å². The molecule has 1 fully saturated rings. The van der Waals surface area contributed by atoms with Gasteiger partial charge in [0.1, 0.15) is 30.6 Å². The molecule has 6 N–H and O–H groups in total. The normalized spacial score (nSPS) is 16.3. The first-order chi connectivity index (χ1) is 24.6. The molecule has 3 amide bonds. The zero-order valence-electron chi connectivity index (χ0n) is 28.2. The van der Waals surface area contributed by atoms with Gasteiger partial charge in [0.25, 0.3) is 0 Å². The van der Waals surface area contributed by atoms with Gasteiger partial charge in [-0.1, -0.05) is 105 Å². The van der Waals surface area contributed by atoms with Gasteiger partial charge in [-0.15, -0.1) is 0 Å². The van der Waals surface area contributed by atoms with E-state index in [4.69, 9.17) is 4.74 Å². The van der Waals surface area contributed by atoms with E-state index in [-0.39, 0.29) is 31.8 Å². The second-order valence-electron chi connectivity index (χ2n) is 13.0. The maximum atomic E-state index is 14.1. The number of carbonyl (C=O) groups excluding carboxylic acids is 3. The van der Waals surface area contributed by atoms with E-state index in [2.05, 4.69) is 25.9 Å². The van der Waals surface area contributed by atoms with E-state index in [1.54, 1.807) is 18.3 Å². The summed E-state index contributed by atoms with van der Waals surface area (Å²) in [4.78, 5) is 70.6. The van der Waals surface area contributed by atoms with Crippen molar-refractivity contribution in [1.29, 1.82) is 0 Å². The van der Waals surface area contributed by atoms with Gasteiger partial charge in [0.2, 0.25) is 19.2 Å². The molecule has 3 unspecified atom stereocenters. The smallest absolute Gasteiger partial charge is 0.408 e. The third kappa shape index (κ3) is 11.0. The molecule has 14 heteroatoms. The maximum Gasteiger partial charge on any atom is 0.408 e. The van der Waals surface area contributed by atoms with Crippen LogP contribution in [0.2, 0.25) is 0 Å². The average Bonchev–Trinajstić information content (AvgIpc) is 3.63. The van der Waals surface area contributed by atoms with Crippen molar-refractivity contribution < 1.29 is 38.5 Å². The first kappa shape index (κ1) is 37.3. The summed E-state index contributed by atoms with van der Waals surface area (Å²) >= 11 is 0. The molecule has 13 nitrogen and oxygen atoms in total. The van der Waals surface area contributed by atoms with Gasteiger partial charge in [0.05, 0.1) is 12.0 Å². The van der Waals surface area contributed by atoms with Crippen LogP contribution in [0, 0.1) is 5.92 Å². The minimum Gasteiger partial charge on any atom is -0.481 e. The number of aromatic nitrogens is 2. The van der Waals surface area contributed by atoms with Gasteiger partial charge in [-0.2, -0.15) is 0 Å². The summed E-state index contributed by atoms with van der Waals surface area (Å²) in [7, 11) is -4.40. The fraction of sp³-hybridized carbons (Fsp3) is 0.378. The molecule has 1 aromatic heterocycles. The summed E-state index contributed by atoms with van der Waals surface area (Å²) in [6, 6.07) is 19.9. The Balaban J connectivity index is 1.39. The number of imidazole rings is 1. The molecule has 4 atom stereocenters. The van der Waals surface area contributed by atoms with Gasteiger partial charge < -0.3 is 35.7 Å². The Morgan fingerprint density at radius 2 is 1.55 bits per heavy atom. The van der Waals surface area contributed by atoms with E-state index >= 15 is 0 Å². The minimum atomic E-state index is -4.40. The number of carbonyl (C=O) groups is 4. The van der Waals surface area contributed by atoms with E-state index in [0.29, 0.717) is 5.69 Å². The van der Waals surface area contributed by atoms with Crippen LogP contribution in [0.3, 0.4) is 0 Å². The fourth-order valence-electron chi connectivity index (χ4n) is 6.53. The van der Waals surface area contributed by atoms with Crippen LogP contribution >= 0.6 is 7.37 Å². The van der Waals surface area contributed by atoms with Gasteiger partial charge in [-0.3, -0.25) is 18.9 Å². The van der Waals surface area contributed by atoms with Gasteiger partial charge in [0, 0.05) is 19.0 Å². The highest BCUT2D eigenvalue weighted by atomic mass is 31.2. The number of benzene rings is 3. The van der Waals surface area contributed by atoms with Crippen molar-refractivity contribution in [2.45, 2.75) is 75.8 Å². The van der Waals surface area contributed by atoms with E-state index in [9.17, 15) is 33.7 Å². The molecule has 0 saturated heterocycles. The lowest BCUT2D eigenvalue weighted by Gasteiger charge is -2.31. The Kier molecular flexibility index (Phi) is 13.0. The summed E-state index contributed by atoms with van der Waals surface area (Å²) in [5.74, 6) is -4.22. The molecule has 270 valence electrons. The van der Waals surface area contributed by atoms with Crippen molar-refractivity contribution in [3.63, 3.8) is 0 Å². The Morgan fingerprint density at radius 1 is 0.863 bits per heavy atom. The van der Waals surface area contributed by atoms with E-state index < -0.39 is 55.3 Å². The molecule has 5 rings (SSSR count). The lowest BCUT2D eigenvalue weighted by molar-refractivity contribution is -0.134. The number of hydrogen-bond acceptors (Lipinski definition) is 7. The van der Waals surface area contributed by atoms with Crippen molar-refractivity contribution in [3.05, 3.63) is 102 Å². The summed E-state index contributed by atoms with van der Waals surface area (Å²) in [5, 5.41) is 19.3. The molecular weight excluding hydrogens is 673 g/mol. The van der Waals surface area contributed by atoms with Crippen LogP contribution in [0.25, 0.3) is 10.8 Å². The third-order valence-electron chi connectivity index (χ3n) is 9.17. The number of amides is 3. The number of ether oxygens (including phenoxy) is 1. The van der Waals surface area contributed by atoms with Crippen LogP contribution in [0.4, 0.5) is 4.79 Å². The summed E-state index contributed by atoms with van der Waals surface area (Å²) < 4.78 is 18.8. The molecular formula is C37H44N5O8P. The lowest BCUT2D eigenvalue weighted by Crippen LogP contribution is -2.56. The number of alkyl carbamates (subject to hydrolysis) is 1. The molecule has 1 aliphatic carbocycles. The number of hydrogen-bond donors (Lipinski definition) is 6. The molecule has 0 radical (unpaired) electrons. The highest BCUT2D eigenvalue weighted by molar-refractivity contribution is 7.59. The highest BCUT2D eigenvalue weighted by Gasteiger charge is 2.38. The summed E-state index contributed by atoms with van der Waals surface area (Å²) in [6.07, 6.45) is 5.75. The van der Waals surface area contributed by atoms with Crippen LogP contribution in [-0.2, 0) is 43.1 Å². The van der Waals surface area contributed by atoms with Crippen molar-refractivity contribution in [2.24, 2.45) is 5.92 Å². The monoisotopic (exact) mass is 717 g/mol. The second kappa shape index (κ2) is 17.8. The number of rotatable bonds is 16. The molecule has 1 aliphatic rings. The molecule has 51 heavy (non-hydrogen) atoms. The van der Waals surface area contributed by atoms with Gasteiger partial charge >= 0.3 is 12.1 Å². The molecule has 0 aliphatic heterocycles. The average molecular weight is 718 g/mol. The van der Waals surface area contributed by atoms with Gasteiger partial charge in [0.15, 0.2) is 0 Å². The van der Waals surface area contributed by atoms with Gasteiger partial charge in [-0.05, 0) is 34.2 Å². The van der Waals surface area contributed by atoms with Crippen molar-refractivity contribution in [3.8, 4) is 0 Å². The standard InChI is InChI=1S/C37H44N5O8P/c43-34(44)23-51(48,49)33(18-25-10-3-1-4-11-25)42-36(46)32(20-29-21-38-24-39-29)40-35(45)31(41-37(47)50-22-26-12-5-2-6-13-26)19-28-16-9-15-27-14-7-8-17-30(27)28/h2,5-9,12-17,21,24-25,31-33H,1,3-4,10-11,18-20,22-23H2,(H,38,39)(H,40,45)(H,41,47)(H,42,46)(H,43,44)(H,48,49)/t31?,32-,33?/m0/s1. The molecule has 0 spiro atoms. The number of nitrogens with zero attached hydrogens (tertiary/aromatic N) is 1. The molecule has 1 saturated carbocycles. The number of aliphatic carboxylic acids is 1. The van der Waals surface area contributed by atoms with Crippen LogP contribution in [0.5, 0.6) is 0 Å². The predicted octanol–water partition coefficient (Wildman–Crippen LogP) is 4.90. The number of nitrogens with one attached hydrogen (secondary N) is 4. The predicted molar refractivity (Wildman–Crippen MR) is 191 cm³/mol. The molecule has 1 heterocycles. The number of carboxylic acid groups (broad SMARTS) is 1. The first-order valence-electron chi connectivity index (χ1n) is 17.1. The van der Waals surface area contributed by atoms with Crippen molar-refractivity contribution in [2.75, 3.05) is 6.16 Å². The largest absolute Gasteiger partial charge is 0.481 e. The number of fused-ring (bicyclic) bond motifs is 1. The molecule has 0 bridgehead atoms. The third-order valence-corrected chi connectivity index (χ3v) is 11.2. The fourth-order valence-corrected chi connectivity index (χ4v) is 8.10. The Labute approximate surface area is 296 Å². The van der Waals surface area contributed by atoms with Crippen LogP contribution < -0.4 is 16.0 Å². The SMILES string of the molecule is O=C(O)CP(=O)(O)C(CC1CCCCC1)NC(=O)[C@H](Cc1c[nH]cn1)NC(=O)C(Cc1cccc2ccccc12)NC(=O)OCc1ccccc1. The van der Waals surface area contributed by atoms with Crippen molar-refractivity contribution >= 4 is 42.0 Å². The maximum absolute atomic E-state index is 14.1. The van der Waals surface area contributed by atoms with Gasteiger partial charge in [-0.25, -0.2) is 9.78 Å².